The van der Waals surface area contributed by atoms with Crippen LogP contribution in [0.3, 0.4) is 0 Å². The van der Waals surface area contributed by atoms with Gasteiger partial charge in [-0.1, -0.05) is 41.9 Å². The Balaban J connectivity index is 0.000000540. The van der Waals surface area contributed by atoms with Crippen molar-refractivity contribution in [2.75, 3.05) is 11.3 Å². The Hall–Kier alpha value is -2.60. The first-order valence-corrected chi connectivity index (χ1v) is 12.9. The Morgan fingerprint density at radius 1 is 1.06 bits per heavy atom. The number of anilines is 1. The number of benzene rings is 2. The van der Waals surface area contributed by atoms with E-state index in [0.29, 0.717) is 18.2 Å². The monoisotopic (exact) mass is 578 g/mol. The van der Waals surface area contributed by atoms with Gasteiger partial charge in [-0.2, -0.15) is 13.2 Å². The van der Waals surface area contributed by atoms with Gasteiger partial charge in [0, 0.05) is 16.7 Å². The van der Waals surface area contributed by atoms with Gasteiger partial charge in [0.05, 0.1) is 10.3 Å². The molecule has 1 aliphatic carbocycles. The fraction of sp³-hybridized carbons (Fsp3) is 0.391. The molecule has 2 aromatic carbocycles. The first-order valence-electron chi connectivity index (χ1n) is 10.6. The normalized spacial score (nSPS) is 14.5. The number of nitrogens with one attached hydrogen (secondary N) is 2. The van der Waals surface area contributed by atoms with Crippen LogP contribution in [0.4, 0.5) is 18.9 Å². The molecular weight excluding hydrogens is 553 g/mol. The van der Waals surface area contributed by atoms with Crippen LogP contribution in [0.15, 0.2) is 57.9 Å². The maximum Gasteiger partial charge on any atom is 0.490 e. The zero-order chi connectivity index (χ0) is 26.4. The quantitative estimate of drug-likeness (QED) is 0.404. The third kappa shape index (κ3) is 8.24. The fourth-order valence-electron chi connectivity index (χ4n) is 3.10. The molecule has 3 N–H and O–H groups in total. The maximum absolute atomic E-state index is 12.6. The summed E-state index contributed by atoms with van der Waals surface area (Å²) in [5.74, 6) is -2.14. The predicted molar refractivity (Wildman–Crippen MR) is 128 cm³/mol. The van der Waals surface area contributed by atoms with E-state index in [9.17, 15) is 26.4 Å². The smallest absolute Gasteiger partial charge is 0.475 e. The summed E-state index contributed by atoms with van der Waals surface area (Å²) in [5, 5.41) is 10.2. The van der Waals surface area contributed by atoms with E-state index in [4.69, 9.17) is 9.90 Å². The summed E-state index contributed by atoms with van der Waals surface area (Å²) in [6, 6.07) is 13.6. The van der Waals surface area contributed by atoms with Crippen LogP contribution in [-0.4, -0.2) is 38.1 Å². The molecule has 192 valence electrons. The number of carboxylic acids is 1. The molecule has 0 saturated heterocycles. The zero-order valence-corrected chi connectivity index (χ0v) is 21.4. The van der Waals surface area contributed by atoms with Gasteiger partial charge >= 0.3 is 12.1 Å². The highest BCUT2D eigenvalue weighted by molar-refractivity contribution is 9.10. The number of rotatable bonds is 8. The lowest BCUT2D eigenvalue weighted by molar-refractivity contribution is -0.192. The number of halogens is 4. The summed E-state index contributed by atoms with van der Waals surface area (Å²) in [5.41, 5.74) is 0.948. The van der Waals surface area contributed by atoms with Crippen LogP contribution >= 0.6 is 15.9 Å². The zero-order valence-electron chi connectivity index (χ0n) is 19.0. The average Bonchev–Trinajstić information content (AvgIpc) is 3.56. The largest absolute Gasteiger partial charge is 0.490 e. The standard InChI is InChI=1S/C21H25BrN2O3S.C2HF3O2/c1-15(2)11-14-23-20(25)21(12-13-21)16-3-7-18(8-4-16)24-28(26,27)19-9-5-17(22)6-10-19;3-2(4,5)1(6)7/h3-10,15,24H,11-14H2,1-2H3,(H,23,25);(H,6,7). The number of hydrogen-bond acceptors (Lipinski definition) is 4. The summed E-state index contributed by atoms with van der Waals surface area (Å²) in [6.45, 7) is 4.95. The molecule has 35 heavy (non-hydrogen) atoms. The minimum absolute atomic E-state index is 0.0661. The lowest BCUT2D eigenvalue weighted by Gasteiger charge is -2.17. The Bertz CT molecular complexity index is 1130. The van der Waals surface area contributed by atoms with E-state index in [1.165, 1.54) is 0 Å². The van der Waals surface area contributed by atoms with Gasteiger partial charge in [0.1, 0.15) is 0 Å². The number of carbonyl (C=O) groups excluding carboxylic acids is 1. The van der Waals surface area contributed by atoms with Gasteiger partial charge in [-0.05, 0) is 67.1 Å². The molecule has 0 spiro atoms. The number of carboxylic acid groups (broad SMARTS) is 1. The highest BCUT2D eigenvalue weighted by Crippen LogP contribution is 2.48. The van der Waals surface area contributed by atoms with Crippen molar-refractivity contribution in [2.45, 2.75) is 49.6 Å². The highest BCUT2D eigenvalue weighted by Gasteiger charge is 2.51. The van der Waals surface area contributed by atoms with Gasteiger partial charge in [0.2, 0.25) is 5.91 Å². The van der Waals surface area contributed by atoms with E-state index in [-0.39, 0.29) is 10.8 Å². The second-order valence-corrected chi connectivity index (χ2v) is 11.1. The SMILES string of the molecule is CC(C)CCNC(=O)C1(c2ccc(NS(=O)(=O)c3ccc(Br)cc3)cc2)CC1.O=C(O)C(F)(F)F. The second kappa shape index (κ2) is 11.4. The molecule has 0 aromatic heterocycles. The van der Waals surface area contributed by atoms with Gasteiger partial charge in [-0.15, -0.1) is 0 Å². The Morgan fingerprint density at radius 3 is 2.00 bits per heavy atom. The molecule has 3 rings (SSSR count). The lowest BCUT2D eigenvalue weighted by atomic mass is 9.94. The van der Waals surface area contributed by atoms with Crippen molar-refractivity contribution in [2.24, 2.45) is 5.92 Å². The van der Waals surface area contributed by atoms with Crippen molar-refractivity contribution in [3.8, 4) is 0 Å². The number of amides is 1. The van der Waals surface area contributed by atoms with Gasteiger partial charge in [-0.25, -0.2) is 13.2 Å². The molecule has 0 heterocycles. The molecule has 0 atom stereocenters. The lowest BCUT2D eigenvalue weighted by Crippen LogP contribution is -2.35. The summed E-state index contributed by atoms with van der Waals surface area (Å²) < 4.78 is 60.1. The maximum atomic E-state index is 12.6. The van der Waals surface area contributed by atoms with Crippen molar-refractivity contribution in [1.29, 1.82) is 0 Å². The van der Waals surface area contributed by atoms with E-state index in [0.717, 1.165) is 29.3 Å². The second-order valence-electron chi connectivity index (χ2n) is 8.46. The van der Waals surface area contributed by atoms with Gasteiger partial charge in [-0.3, -0.25) is 9.52 Å². The minimum Gasteiger partial charge on any atom is -0.475 e. The van der Waals surface area contributed by atoms with Crippen molar-refractivity contribution >= 4 is 43.5 Å². The Morgan fingerprint density at radius 2 is 1.57 bits per heavy atom. The number of carbonyl (C=O) groups is 2. The van der Waals surface area contributed by atoms with Crippen molar-refractivity contribution < 1.29 is 36.3 Å². The number of hydrogen-bond donors (Lipinski definition) is 3. The van der Waals surface area contributed by atoms with Crippen LogP contribution in [0.5, 0.6) is 0 Å². The molecule has 0 radical (unpaired) electrons. The molecule has 0 bridgehead atoms. The molecular formula is C23H26BrF3N2O5S. The molecule has 1 aliphatic rings. The average molecular weight is 579 g/mol. The third-order valence-corrected chi connectivity index (χ3v) is 7.17. The molecule has 1 amide bonds. The van der Waals surface area contributed by atoms with E-state index >= 15 is 0 Å². The van der Waals surface area contributed by atoms with Crippen LogP contribution < -0.4 is 10.0 Å². The fourth-order valence-corrected chi connectivity index (χ4v) is 4.42. The van der Waals surface area contributed by atoms with Crippen LogP contribution in [0.1, 0.15) is 38.7 Å². The molecule has 2 aromatic rings. The molecule has 0 unspecified atom stereocenters. The van der Waals surface area contributed by atoms with E-state index < -0.39 is 27.6 Å². The molecule has 7 nitrogen and oxygen atoms in total. The van der Waals surface area contributed by atoms with Crippen LogP contribution in [0.25, 0.3) is 0 Å². The third-order valence-electron chi connectivity index (χ3n) is 5.25. The summed E-state index contributed by atoms with van der Waals surface area (Å²) in [7, 11) is -3.65. The van der Waals surface area contributed by atoms with Crippen LogP contribution in [0.2, 0.25) is 0 Å². The summed E-state index contributed by atoms with van der Waals surface area (Å²) >= 11 is 3.30. The number of aliphatic carboxylic acids is 1. The first kappa shape index (κ1) is 28.6. The van der Waals surface area contributed by atoms with Gasteiger partial charge in [0.15, 0.2) is 0 Å². The molecule has 12 heteroatoms. The highest BCUT2D eigenvalue weighted by atomic mass is 79.9. The van der Waals surface area contributed by atoms with Gasteiger partial charge < -0.3 is 10.4 Å². The summed E-state index contributed by atoms with van der Waals surface area (Å²) in [4.78, 5) is 21.7. The summed E-state index contributed by atoms with van der Waals surface area (Å²) in [6.07, 6.45) is -2.48. The van der Waals surface area contributed by atoms with Crippen molar-refractivity contribution in [3.63, 3.8) is 0 Å². The molecule has 1 saturated carbocycles. The Kier molecular flexibility index (Phi) is 9.35. The molecule has 1 fully saturated rings. The van der Waals surface area contributed by atoms with Crippen LogP contribution in [-0.2, 0) is 25.0 Å². The van der Waals surface area contributed by atoms with E-state index in [1.54, 1.807) is 36.4 Å². The first-order chi connectivity index (χ1) is 16.2. The molecule has 0 aliphatic heterocycles. The number of alkyl halides is 3. The Labute approximate surface area is 210 Å². The minimum atomic E-state index is -5.08. The van der Waals surface area contributed by atoms with Gasteiger partial charge in [0.25, 0.3) is 10.0 Å². The van der Waals surface area contributed by atoms with Crippen LogP contribution in [0, 0.1) is 5.92 Å². The van der Waals surface area contributed by atoms with E-state index in [1.807, 2.05) is 12.1 Å². The predicted octanol–water partition coefficient (Wildman–Crippen LogP) is 5.08. The van der Waals surface area contributed by atoms with Crippen molar-refractivity contribution in [1.82, 2.24) is 5.32 Å². The topological polar surface area (TPSA) is 113 Å². The van der Waals surface area contributed by atoms with Crippen molar-refractivity contribution in [3.05, 3.63) is 58.6 Å². The van der Waals surface area contributed by atoms with E-state index in [2.05, 4.69) is 39.8 Å². The number of sulfonamides is 1.